The molecular weight excluding hydrogens is 539 g/mol. The largest absolute Gasteiger partial charge is 0.496 e. The van der Waals surface area contributed by atoms with Gasteiger partial charge in [-0.25, -0.2) is 0 Å². The maximum Gasteiger partial charge on any atom is 0.316 e. The normalized spacial score (nSPS) is 10.7. The number of halogens is 2. The molecule has 164 valence electrons. The number of carbonyl (C=O) groups is 2. The van der Waals surface area contributed by atoms with Gasteiger partial charge in [0, 0.05) is 23.8 Å². The van der Waals surface area contributed by atoms with Crippen LogP contribution in [-0.4, -0.2) is 51.9 Å². The first-order valence-electron chi connectivity index (χ1n) is 9.22. The van der Waals surface area contributed by atoms with Gasteiger partial charge in [0.1, 0.15) is 12.3 Å². The van der Waals surface area contributed by atoms with E-state index in [1.165, 1.54) is 7.11 Å². The third-order valence-corrected chi connectivity index (χ3v) is 6.14. The Kier molecular flexibility index (Phi) is 7.49. The van der Waals surface area contributed by atoms with Crippen molar-refractivity contribution in [3.05, 3.63) is 44.1 Å². The highest BCUT2D eigenvalue weighted by molar-refractivity contribution is 14.1. The highest BCUT2D eigenvalue weighted by atomic mass is 127. The minimum Gasteiger partial charge on any atom is -0.496 e. The average Bonchev–Trinajstić information content (AvgIpc) is 3.33. The smallest absolute Gasteiger partial charge is 0.316 e. The Hall–Kier alpha value is -2.67. The number of aromatic nitrogens is 4. The van der Waals surface area contributed by atoms with Gasteiger partial charge in [0.2, 0.25) is 11.7 Å². The Morgan fingerprint density at radius 1 is 1.26 bits per heavy atom. The van der Waals surface area contributed by atoms with Crippen molar-refractivity contribution in [3.63, 3.8) is 0 Å². The molecule has 0 atom stereocenters. The molecule has 3 aromatic rings. The number of ether oxygens (including phenoxy) is 1. The summed E-state index contributed by atoms with van der Waals surface area (Å²) < 4.78 is 13.0. The van der Waals surface area contributed by atoms with Crippen LogP contribution in [0.4, 0.5) is 0 Å². The zero-order valence-corrected chi connectivity index (χ0v) is 19.9. The fraction of sp³-hybridized carbons (Fsp3) is 0.316. The van der Waals surface area contributed by atoms with Crippen LogP contribution in [0.5, 0.6) is 5.75 Å². The topological polar surface area (TPSA) is 124 Å². The van der Waals surface area contributed by atoms with E-state index in [4.69, 9.17) is 20.9 Å². The number of benzene rings is 1. The van der Waals surface area contributed by atoms with Gasteiger partial charge in [0.25, 0.3) is 0 Å². The fourth-order valence-corrected chi connectivity index (χ4v) is 3.31. The van der Waals surface area contributed by atoms with Crippen molar-refractivity contribution in [2.45, 2.75) is 20.4 Å². The summed E-state index contributed by atoms with van der Waals surface area (Å²) in [4.78, 5) is 28.4. The van der Waals surface area contributed by atoms with Gasteiger partial charge in [-0.15, -0.1) is 0 Å². The van der Waals surface area contributed by atoms with Gasteiger partial charge in [-0.05, 0) is 54.6 Å². The van der Waals surface area contributed by atoms with Crippen molar-refractivity contribution < 1.29 is 18.8 Å². The molecule has 0 radical (unpaired) electrons. The molecule has 0 spiro atoms. The summed E-state index contributed by atoms with van der Waals surface area (Å²) in [5, 5.41) is 14.0. The van der Waals surface area contributed by atoms with Crippen LogP contribution in [0, 0.1) is 17.4 Å². The number of aryl methyl sites for hydroxylation is 1. The molecule has 0 bridgehead atoms. The van der Waals surface area contributed by atoms with Crippen LogP contribution in [-0.2, 0) is 11.3 Å². The Morgan fingerprint density at radius 3 is 2.68 bits per heavy atom. The first-order chi connectivity index (χ1) is 14.8. The number of hydrogen-bond donors (Lipinski definition) is 2. The van der Waals surface area contributed by atoms with Gasteiger partial charge < -0.3 is 19.9 Å². The summed E-state index contributed by atoms with van der Waals surface area (Å²) in [5.41, 5.74) is 2.32. The van der Waals surface area contributed by atoms with Crippen LogP contribution in [0.2, 0.25) is 5.02 Å². The number of nitrogens with zero attached hydrogens (tertiary/aromatic N) is 4. The Morgan fingerprint density at radius 2 is 2.00 bits per heavy atom. The Bertz CT molecular complexity index is 1110. The van der Waals surface area contributed by atoms with Crippen LogP contribution in [0.1, 0.15) is 22.1 Å². The highest BCUT2D eigenvalue weighted by Gasteiger charge is 2.18. The van der Waals surface area contributed by atoms with E-state index in [0.717, 1.165) is 15.0 Å². The minimum absolute atomic E-state index is 0.109. The number of nitrogens with one attached hydrogen (secondary N) is 2. The van der Waals surface area contributed by atoms with E-state index in [-0.39, 0.29) is 37.3 Å². The summed E-state index contributed by atoms with van der Waals surface area (Å²) in [5.74, 6) is -0.290. The van der Waals surface area contributed by atoms with E-state index < -0.39 is 5.91 Å². The lowest BCUT2D eigenvalue weighted by atomic mass is 10.2. The first-order valence-corrected chi connectivity index (χ1v) is 10.7. The molecule has 0 fully saturated rings. The van der Waals surface area contributed by atoms with Crippen LogP contribution in [0.25, 0.3) is 11.4 Å². The van der Waals surface area contributed by atoms with Crippen molar-refractivity contribution in [3.8, 4) is 17.1 Å². The van der Waals surface area contributed by atoms with Crippen LogP contribution in [0.3, 0.4) is 0 Å². The third kappa shape index (κ3) is 5.53. The zero-order valence-electron chi connectivity index (χ0n) is 17.0. The molecule has 0 saturated heterocycles. The second-order valence-corrected chi connectivity index (χ2v) is 8.03. The summed E-state index contributed by atoms with van der Waals surface area (Å²) in [7, 11) is 1.50. The molecule has 0 aliphatic heterocycles. The molecule has 0 aliphatic rings. The van der Waals surface area contributed by atoms with E-state index >= 15 is 0 Å². The van der Waals surface area contributed by atoms with Crippen molar-refractivity contribution in [1.29, 1.82) is 0 Å². The molecule has 10 nitrogen and oxygen atoms in total. The molecule has 0 aliphatic carbocycles. The third-order valence-electron chi connectivity index (χ3n) is 4.34. The number of carbonyl (C=O) groups excluding carboxylic acids is 2. The SMILES string of the molecule is COc1ccc(Cl)cc1-c1noc(C(=O)NCCNC(=O)Cn2nc(C)c(I)c2C)n1. The van der Waals surface area contributed by atoms with Crippen LogP contribution < -0.4 is 15.4 Å². The standard InChI is InChI=1S/C19H20ClIN6O4/c1-10-16(21)11(2)27(25-10)9-15(28)22-6-7-23-18(29)19-24-17(26-31-19)13-8-12(20)4-5-14(13)30-3/h4-5,8H,6-7,9H2,1-3H3,(H,22,28)(H,23,29). The molecule has 2 heterocycles. The Balaban J connectivity index is 1.50. The van der Waals surface area contributed by atoms with E-state index in [1.807, 2.05) is 13.8 Å². The van der Waals surface area contributed by atoms with Crippen molar-refractivity contribution in [2.24, 2.45) is 0 Å². The van der Waals surface area contributed by atoms with E-state index in [2.05, 4.69) is 48.5 Å². The molecule has 2 N–H and O–H groups in total. The van der Waals surface area contributed by atoms with E-state index in [9.17, 15) is 9.59 Å². The number of rotatable bonds is 8. The molecule has 1 aromatic carbocycles. The molecule has 2 amide bonds. The molecule has 12 heteroatoms. The van der Waals surface area contributed by atoms with Gasteiger partial charge in [0.05, 0.1) is 21.9 Å². The average molecular weight is 559 g/mol. The lowest BCUT2D eigenvalue weighted by Gasteiger charge is -2.07. The molecular formula is C19H20ClIN6O4. The van der Waals surface area contributed by atoms with Crippen LogP contribution in [0.15, 0.2) is 22.7 Å². The fourth-order valence-electron chi connectivity index (χ4n) is 2.75. The van der Waals surface area contributed by atoms with Crippen molar-refractivity contribution >= 4 is 46.0 Å². The highest BCUT2D eigenvalue weighted by Crippen LogP contribution is 2.30. The second-order valence-electron chi connectivity index (χ2n) is 6.52. The maximum atomic E-state index is 12.2. The quantitative estimate of drug-likeness (QED) is 0.321. The van der Waals surface area contributed by atoms with Gasteiger partial charge in [-0.3, -0.25) is 14.3 Å². The number of amides is 2. The minimum atomic E-state index is -0.554. The van der Waals surface area contributed by atoms with E-state index in [0.29, 0.717) is 16.3 Å². The van der Waals surface area contributed by atoms with Gasteiger partial charge >= 0.3 is 11.8 Å². The molecule has 0 saturated carbocycles. The summed E-state index contributed by atoms with van der Waals surface area (Å²) in [6.45, 7) is 4.34. The first kappa shape index (κ1) is 23.0. The molecule has 31 heavy (non-hydrogen) atoms. The predicted molar refractivity (Wildman–Crippen MR) is 121 cm³/mol. The number of methoxy groups -OCH3 is 1. The van der Waals surface area contributed by atoms with Crippen LogP contribution >= 0.6 is 34.2 Å². The van der Waals surface area contributed by atoms with Crippen molar-refractivity contribution in [1.82, 2.24) is 30.6 Å². The lowest BCUT2D eigenvalue weighted by Crippen LogP contribution is -2.36. The maximum absolute atomic E-state index is 12.2. The Labute approximate surface area is 196 Å². The van der Waals surface area contributed by atoms with E-state index in [1.54, 1.807) is 22.9 Å². The van der Waals surface area contributed by atoms with Crippen molar-refractivity contribution in [2.75, 3.05) is 20.2 Å². The second kappa shape index (κ2) is 10.1. The zero-order chi connectivity index (χ0) is 22.5. The summed E-state index contributed by atoms with van der Waals surface area (Å²) in [6, 6.07) is 4.96. The van der Waals surface area contributed by atoms with Gasteiger partial charge in [-0.2, -0.15) is 10.1 Å². The number of hydrogen-bond acceptors (Lipinski definition) is 7. The summed E-state index contributed by atoms with van der Waals surface area (Å²) >= 11 is 8.21. The predicted octanol–water partition coefficient (Wildman–Crippen LogP) is 2.36. The molecule has 2 aromatic heterocycles. The molecule has 3 rings (SSSR count). The van der Waals surface area contributed by atoms with Gasteiger partial charge in [0.15, 0.2) is 0 Å². The monoisotopic (exact) mass is 558 g/mol. The lowest BCUT2D eigenvalue weighted by molar-refractivity contribution is -0.121. The molecule has 0 unspecified atom stereocenters. The van der Waals surface area contributed by atoms with Gasteiger partial charge in [-0.1, -0.05) is 16.8 Å². The summed E-state index contributed by atoms with van der Waals surface area (Å²) in [6.07, 6.45) is 0.